The number of carbonyl (C=O) groups is 1. The van der Waals surface area contributed by atoms with Crippen molar-refractivity contribution in [2.75, 3.05) is 0 Å². The van der Waals surface area contributed by atoms with Crippen molar-refractivity contribution in [3.63, 3.8) is 0 Å². The maximum absolute atomic E-state index is 11.9. The first-order chi connectivity index (χ1) is 12.2. The van der Waals surface area contributed by atoms with E-state index >= 15 is 0 Å². The summed E-state index contributed by atoms with van der Waals surface area (Å²) >= 11 is 0. The van der Waals surface area contributed by atoms with E-state index < -0.39 is 0 Å². The Labute approximate surface area is 152 Å². The lowest BCUT2D eigenvalue weighted by Gasteiger charge is -2.32. The highest BCUT2D eigenvalue weighted by Crippen LogP contribution is 2.20. The molecule has 0 aliphatic heterocycles. The molecule has 0 N–H and O–H groups in total. The molecule has 0 radical (unpaired) electrons. The lowest BCUT2D eigenvalue weighted by atomic mass is 10.00. The van der Waals surface area contributed by atoms with Gasteiger partial charge in [-0.15, -0.1) is 0 Å². The number of carbonyl (C=O) groups excluding carboxylic acids is 1. The fraction of sp³-hybridized carbons (Fsp3) is 0.435. The zero-order valence-electron chi connectivity index (χ0n) is 15.7. The molecule has 0 saturated carbocycles. The first-order valence-corrected chi connectivity index (χ1v) is 9.50. The van der Waals surface area contributed by atoms with Gasteiger partial charge >= 0.3 is 0 Å². The average Bonchev–Trinajstić information content (AvgIpc) is 2.62. The van der Waals surface area contributed by atoms with E-state index in [2.05, 4.69) is 72.5 Å². The van der Waals surface area contributed by atoms with E-state index in [0.717, 1.165) is 19.5 Å². The van der Waals surface area contributed by atoms with E-state index in [9.17, 15) is 4.79 Å². The Morgan fingerprint density at radius 2 is 1.40 bits per heavy atom. The van der Waals surface area contributed by atoms with Gasteiger partial charge in [-0.3, -0.25) is 9.69 Å². The number of hydrogen-bond acceptors (Lipinski definition) is 2. The standard InChI is InChI=1S/C23H31NO/c1-3-4-7-16-23(17-20(2)25)24(18-21-12-8-5-9-13-21)19-22-14-10-6-11-15-22/h5-6,8-15,23H,3-4,7,16-19H2,1-2H3. The van der Waals surface area contributed by atoms with Crippen LogP contribution in [0.15, 0.2) is 60.7 Å². The molecule has 1 unspecified atom stereocenters. The second-order valence-corrected chi connectivity index (χ2v) is 6.93. The van der Waals surface area contributed by atoms with Crippen LogP contribution >= 0.6 is 0 Å². The van der Waals surface area contributed by atoms with Crippen LogP contribution in [0, 0.1) is 0 Å². The topological polar surface area (TPSA) is 20.3 Å². The van der Waals surface area contributed by atoms with Crippen molar-refractivity contribution in [1.29, 1.82) is 0 Å². The predicted molar refractivity (Wildman–Crippen MR) is 105 cm³/mol. The van der Waals surface area contributed by atoms with Gasteiger partial charge in [0.1, 0.15) is 5.78 Å². The zero-order valence-corrected chi connectivity index (χ0v) is 15.7. The molecular weight excluding hydrogens is 306 g/mol. The molecule has 0 aliphatic carbocycles. The Morgan fingerprint density at radius 1 is 0.880 bits per heavy atom. The lowest BCUT2D eigenvalue weighted by Crippen LogP contribution is -2.36. The summed E-state index contributed by atoms with van der Waals surface area (Å²) in [6.07, 6.45) is 5.37. The van der Waals surface area contributed by atoms with Gasteiger partial charge in [-0.05, 0) is 24.5 Å². The average molecular weight is 338 g/mol. The molecule has 0 amide bonds. The van der Waals surface area contributed by atoms with Crippen molar-refractivity contribution in [3.05, 3.63) is 71.8 Å². The highest BCUT2D eigenvalue weighted by molar-refractivity contribution is 5.76. The Balaban J connectivity index is 2.17. The van der Waals surface area contributed by atoms with Crippen molar-refractivity contribution >= 4 is 5.78 Å². The maximum atomic E-state index is 11.9. The van der Waals surface area contributed by atoms with Crippen LogP contribution in [0.3, 0.4) is 0 Å². The minimum atomic E-state index is 0.285. The molecule has 0 heterocycles. The Morgan fingerprint density at radius 3 is 1.84 bits per heavy atom. The third-order valence-electron chi connectivity index (χ3n) is 4.64. The molecule has 0 saturated heterocycles. The van der Waals surface area contributed by atoms with Gasteiger partial charge in [0.2, 0.25) is 0 Å². The molecule has 0 fully saturated rings. The van der Waals surface area contributed by atoms with Gasteiger partial charge in [-0.1, -0.05) is 86.8 Å². The van der Waals surface area contributed by atoms with Crippen LogP contribution in [0.2, 0.25) is 0 Å². The van der Waals surface area contributed by atoms with Crippen LogP contribution in [0.25, 0.3) is 0 Å². The highest BCUT2D eigenvalue weighted by Gasteiger charge is 2.20. The number of hydrogen-bond donors (Lipinski definition) is 0. The van der Waals surface area contributed by atoms with Crippen LogP contribution in [0.4, 0.5) is 0 Å². The summed E-state index contributed by atoms with van der Waals surface area (Å²) in [5, 5.41) is 0. The van der Waals surface area contributed by atoms with E-state index in [1.54, 1.807) is 6.92 Å². The van der Waals surface area contributed by atoms with Gasteiger partial charge in [0, 0.05) is 25.6 Å². The van der Waals surface area contributed by atoms with Crippen molar-refractivity contribution in [2.24, 2.45) is 0 Å². The summed E-state index contributed by atoms with van der Waals surface area (Å²) < 4.78 is 0. The lowest BCUT2D eigenvalue weighted by molar-refractivity contribution is -0.118. The van der Waals surface area contributed by atoms with E-state index in [0.29, 0.717) is 12.5 Å². The number of benzene rings is 2. The predicted octanol–water partition coefficient (Wildman–Crippen LogP) is 5.62. The third kappa shape index (κ3) is 7.23. The van der Waals surface area contributed by atoms with Crippen molar-refractivity contribution in [3.8, 4) is 0 Å². The number of nitrogens with zero attached hydrogens (tertiary/aromatic N) is 1. The SMILES string of the molecule is CCCCCC(CC(C)=O)N(Cc1ccccc1)Cc1ccccc1. The summed E-state index contributed by atoms with van der Waals surface area (Å²) in [7, 11) is 0. The second kappa shape index (κ2) is 10.8. The molecule has 0 aromatic heterocycles. The molecule has 2 aromatic carbocycles. The summed E-state index contributed by atoms with van der Waals surface area (Å²) in [5.41, 5.74) is 2.62. The number of Topliss-reactive ketones (excluding diaryl/α,β-unsaturated/α-hetero) is 1. The van der Waals surface area contributed by atoms with E-state index in [-0.39, 0.29) is 5.78 Å². The van der Waals surface area contributed by atoms with Gasteiger partial charge in [0.05, 0.1) is 0 Å². The van der Waals surface area contributed by atoms with Gasteiger partial charge < -0.3 is 0 Å². The van der Waals surface area contributed by atoms with Crippen LogP contribution in [0.1, 0.15) is 57.1 Å². The fourth-order valence-electron chi connectivity index (χ4n) is 3.33. The van der Waals surface area contributed by atoms with Crippen LogP contribution in [0.5, 0.6) is 0 Å². The molecule has 2 rings (SSSR count). The quantitative estimate of drug-likeness (QED) is 0.496. The zero-order chi connectivity index (χ0) is 17.9. The first-order valence-electron chi connectivity index (χ1n) is 9.50. The van der Waals surface area contributed by atoms with E-state index in [4.69, 9.17) is 0 Å². The van der Waals surface area contributed by atoms with Crippen molar-refractivity contribution in [1.82, 2.24) is 4.90 Å². The molecule has 2 aromatic rings. The van der Waals surface area contributed by atoms with E-state index in [1.165, 1.54) is 30.4 Å². The number of rotatable bonds is 11. The van der Waals surface area contributed by atoms with Crippen LogP contribution < -0.4 is 0 Å². The summed E-state index contributed by atoms with van der Waals surface area (Å²) in [6, 6.07) is 21.5. The minimum Gasteiger partial charge on any atom is -0.300 e. The molecule has 0 spiro atoms. The Bertz CT molecular complexity index is 567. The number of ketones is 1. The minimum absolute atomic E-state index is 0.285. The van der Waals surface area contributed by atoms with Gasteiger partial charge in [0.25, 0.3) is 0 Å². The summed E-state index contributed by atoms with van der Waals surface area (Å²) in [6.45, 7) is 5.72. The van der Waals surface area contributed by atoms with Gasteiger partial charge in [0.15, 0.2) is 0 Å². The van der Waals surface area contributed by atoms with Gasteiger partial charge in [-0.2, -0.15) is 0 Å². The van der Waals surface area contributed by atoms with Crippen LogP contribution in [-0.2, 0) is 17.9 Å². The Hall–Kier alpha value is -1.93. The molecule has 134 valence electrons. The summed E-state index contributed by atoms with van der Waals surface area (Å²) in [4.78, 5) is 14.4. The largest absolute Gasteiger partial charge is 0.300 e. The molecule has 0 bridgehead atoms. The van der Waals surface area contributed by atoms with Crippen molar-refractivity contribution in [2.45, 2.75) is 65.1 Å². The van der Waals surface area contributed by atoms with Crippen molar-refractivity contribution < 1.29 is 4.79 Å². The first kappa shape index (κ1) is 19.4. The monoisotopic (exact) mass is 337 g/mol. The summed E-state index contributed by atoms with van der Waals surface area (Å²) in [5.74, 6) is 0.285. The molecule has 0 aliphatic rings. The number of unbranched alkanes of at least 4 members (excludes halogenated alkanes) is 2. The van der Waals surface area contributed by atoms with Gasteiger partial charge in [-0.25, -0.2) is 0 Å². The fourth-order valence-corrected chi connectivity index (χ4v) is 3.33. The Kier molecular flexibility index (Phi) is 8.41. The molecule has 25 heavy (non-hydrogen) atoms. The maximum Gasteiger partial charge on any atom is 0.131 e. The second-order valence-electron chi connectivity index (χ2n) is 6.93. The molecule has 2 heteroatoms. The highest BCUT2D eigenvalue weighted by atomic mass is 16.1. The normalized spacial score (nSPS) is 12.3. The smallest absolute Gasteiger partial charge is 0.131 e. The third-order valence-corrected chi connectivity index (χ3v) is 4.64. The molecule has 2 nitrogen and oxygen atoms in total. The van der Waals surface area contributed by atoms with E-state index in [1.807, 2.05) is 0 Å². The molecule has 1 atom stereocenters. The molecular formula is C23H31NO. The van der Waals surface area contributed by atoms with Crippen LogP contribution in [-0.4, -0.2) is 16.7 Å².